The number of fused-ring (bicyclic) bond motifs is 2. The Balaban J connectivity index is 0.000000161. The number of benzene rings is 5. The summed E-state index contributed by atoms with van der Waals surface area (Å²) in [5.74, 6) is 0.882. The molecule has 48 heavy (non-hydrogen) atoms. The Morgan fingerprint density at radius 1 is 0.667 bits per heavy atom. The summed E-state index contributed by atoms with van der Waals surface area (Å²) in [6.45, 7) is 1.48. The van der Waals surface area contributed by atoms with Crippen LogP contribution in [-0.4, -0.2) is 28.1 Å². The van der Waals surface area contributed by atoms with E-state index in [2.05, 4.69) is 108 Å². The minimum Gasteiger partial charge on any atom is -0.489 e. The highest BCUT2D eigenvalue weighted by molar-refractivity contribution is 6.35. The fourth-order valence-corrected chi connectivity index (χ4v) is 6.73. The maximum absolute atomic E-state index is 12.6. The molecular weight excluding hydrogens is 614 g/mol. The van der Waals surface area contributed by atoms with Crippen LogP contribution < -0.4 is 4.90 Å². The number of carbonyl (C=O) groups excluding carboxylic acids is 1. The number of ketones is 1. The summed E-state index contributed by atoms with van der Waals surface area (Å²) >= 11 is 6.34. The van der Waals surface area contributed by atoms with E-state index in [0.717, 1.165) is 45.6 Å². The van der Waals surface area contributed by atoms with Crippen LogP contribution in [-0.2, 0) is 18.8 Å². The fraction of sp³-hybridized carbons (Fsp3) is 0.119. The third kappa shape index (κ3) is 6.01. The predicted octanol–water partition coefficient (Wildman–Crippen LogP) is 9.88. The average Bonchev–Trinajstić information content (AvgIpc) is 3.68. The van der Waals surface area contributed by atoms with Crippen molar-refractivity contribution in [2.24, 2.45) is 14.1 Å². The van der Waals surface area contributed by atoms with Gasteiger partial charge in [-0.2, -0.15) is 0 Å². The van der Waals surface area contributed by atoms with E-state index >= 15 is 0 Å². The van der Waals surface area contributed by atoms with Crippen molar-refractivity contribution in [2.45, 2.75) is 5.38 Å². The molecule has 0 fully saturated rings. The van der Waals surface area contributed by atoms with E-state index in [0.29, 0.717) is 12.2 Å². The number of rotatable bonds is 6. The Kier molecular flexibility index (Phi) is 8.87. The van der Waals surface area contributed by atoms with Gasteiger partial charge < -0.3 is 18.8 Å². The normalized spacial score (nSPS) is 13.6. The maximum atomic E-state index is 12.6. The summed E-state index contributed by atoms with van der Waals surface area (Å²) in [6, 6.07) is 46.9. The molecule has 0 spiro atoms. The van der Waals surface area contributed by atoms with Crippen molar-refractivity contribution in [1.82, 2.24) is 9.13 Å². The second-order valence-electron chi connectivity index (χ2n) is 11.9. The highest BCUT2D eigenvalue weighted by atomic mass is 35.5. The third-order valence-corrected chi connectivity index (χ3v) is 9.24. The van der Waals surface area contributed by atoms with Gasteiger partial charge in [-0.05, 0) is 29.8 Å². The molecule has 0 N–H and O–H groups in total. The first-order chi connectivity index (χ1) is 23.5. The lowest BCUT2D eigenvalue weighted by Crippen LogP contribution is -2.31. The molecule has 238 valence electrons. The van der Waals surface area contributed by atoms with Crippen LogP contribution in [0.25, 0.3) is 33.3 Å². The number of aromatic nitrogens is 2. The maximum Gasteiger partial charge on any atom is 0.187 e. The second kappa shape index (κ2) is 13.7. The number of aryl methyl sites for hydroxylation is 2. The highest BCUT2D eigenvalue weighted by Gasteiger charge is 2.27. The number of carbonyl (C=O) groups is 1. The molecule has 5 nitrogen and oxygen atoms in total. The van der Waals surface area contributed by atoms with Crippen LogP contribution in [0.2, 0.25) is 0 Å². The van der Waals surface area contributed by atoms with E-state index in [4.69, 9.17) is 16.3 Å². The topological polar surface area (TPSA) is 39.4 Å². The molecular formula is C42H36ClN3O2. The largest absolute Gasteiger partial charge is 0.489 e. The number of para-hydroxylation sites is 3. The molecule has 2 aromatic heterocycles. The number of nitrogens with zero attached hydrogens (tertiary/aromatic N) is 3. The molecule has 7 aromatic rings. The summed E-state index contributed by atoms with van der Waals surface area (Å²) in [6.07, 6.45) is 4.03. The van der Waals surface area contributed by atoms with Gasteiger partial charge in [-0.3, -0.25) is 4.79 Å². The minimum atomic E-state index is -0.651. The van der Waals surface area contributed by atoms with Crippen molar-refractivity contribution in [3.63, 3.8) is 0 Å². The van der Waals surface area contributed by atoms with Crippen molar-refractivity contribution in [3.8, 4) is 0 Å². The first-order valence-corrected chi connectivity index (χ1v) is 16.5. The van der Waals surface area contributed by atoms with Crippen LogP contribution in [0, 0.1) is 0 Å². The van der Waals surface area contributed by atoms with Crippen LogP contribution in [0.15, 0.2) is 152 Å². The number of hydrogen-bond donors (Lipinski definition) is 0. The molecule has 0 bridgehead atoms. The van der Waals surface area contributed by atoms with E-state index in [1.807, 2.05) is 72.4 Å². The van der Waals surface area contributed by atoms with Gasteiger partial charge in [-0.25, -0.2) is 0 Å². The molecule has 0 amide bonds. The zero-order valence-electron chi connectivity index (χ0n) is 27.0. The minimum absolute atomic E-state index is 0.0605. The summed E-state index contributed by atoms with van der Waals surface area (Å²) in [5.41, 5.74) is 8.34. The zero-order chi connectivity index (χ0) is 33.0. The van der Waals surface area contributed by atoms with Gasteiger partial charge in [0, 0.05) is 70.7 Å². The molecule has 0 radical (unpaired) electrons. The van der Waals surface area contributed by atoms with Gasteiger partial charge in [0.05, 0.1) is 12.2 Å². The van der Waals surface area contributed by atoms with Crippen LogP contribution >= 0.6 is 11.6 Å². The first kappa shape index (κ1) is 31.1. The van der Waals surface area contributed by atoms with Crippen LogP contribution in [0.3, 0.4) is 0 Å². The van der Waals surface area contributed by atoms with Crippen LogP contribution in [0.1, 0.15) is 32.4 Å². The SMILES string of the molecule is Cn1cc(C(=O)C(Cl)c2ccccc2)c2ccccc21.Cn1cc(C2=C(c3ccccc3)N(c3ccccc3)CCO2)c2ccccc21. The van der Waals surface area contributed by atoms with E-state index in [1.54, 1.807) is 0 Å². The summed E-state index contributed by atoms with van der Waals surface area (Å²) < 4.78 is 10.5. The highest BCUT2D eigenvalue weighted by Crippen LogP contribution is 2.39. The standard InChI is InChI=1S/C25H22N2O.C17H14ClNO/c1-26-18-22(21-14-8-9-15-23(21)26)25-24(19-10-4-2-5-11-19)27(16-17-28-25)20-12-6-3-7-13-20;1-19-11-14(13-9-5-6-10-15(13)19)17(20)16(18)12-7-3-2-4-8-12/h2-15,18H,16-17H2,1H3;2-11,16H,1H3. The summed E-state index contributed by atoms with van der Waals surface area (Å²) in [4.78, 5) is 15.0. The van der Waals surface area contributed by atoms with Crippen molar-refractivity contribution < 1.29 is 9.53 Å². The molecule has 1 aliphatic heterocycles. The Hall–Kier alpha value is -5.52. The average molecular weight is 650 g/mol. The number of halogens is 1. The molecule has 1 atom stereocenters. The lowest BCUT2D eigenvalue weighted by molar-refractivity contribution is 0.0988. The van der Waals surface area contributed by atoms with Gasteiger partial charge in [0.2, 0.25) is 0 Å². The van der Waals surface area contributed by atoms with E-state index in [9.17, 15) is 4.79 Å². The molecule has 5 aromatic carbocycles. The van der Waals surface area contributed by atoms with Crippen molar-refractivity contribution in [3.05, 3.63) is 174 Å². The zero-order valence-corrected chi connectivity index (χ0v) is 27.7. The van der Waals surface area contributed by atoms with E-state index < -0.39 is 5.38 Å². The van der Waals surface area contributed by atoms with Gasteiger partial charge in [0.25, 0.3) is 0 Å². The lowest BCUT2D eigenvalue weighted by Gasteiger charge is -2.34. The molecule has 6 heteroatoms. The Labute approximate surface area is 285 Å². The predicted molar refractivity (Wildman–Crippen MR) is 198 cm³/mol. The fourth-order valence-electron chi connectivity index (χ4n) is 6.47. The number of hydrogen-bond acceptors (Lipinski definition) is 3. The number of Topliss-reactive ketones (excluding diaryl/α,β-unsaturated/α-hetero) is 1. The van der Waals surface area contributed by atoms with Gasteiger partial charge in [0.15, 0.2) is 11.5 Å². The van der Waals surface area contributed by atoms with Crippen molar-refractivity contribution in [2.75, 3.05) is 18.1 Å². The van der Waals surface area contributed by atoms with Gasteiger partial charge in [-0.1, -0.05) is 115 Å². The van der Waals surface area contributed by atoms with Crippen LogP contribution in [0.5, 0.6) is 0 Å². The smallest absolute Gasteiger partial charge is 0.187 e. The van der Waals surface area contributed by atoms with Gasteiger partial charge in [-0.15, -0.1) is 11.6 Å². The lowest BCUT2D eigenvalue weighted by atomic mass is 10.0. The Morgan fingerprint density at radius 2 is 1.21 bits per heavy atom. The molecule has 1 aliphatic rings. The first-order valence-electron chi connectivity index (χ1n) is 16.1. The van der Waals surface area contributed by atoms with Gasteiger partial charge in [0.1, 0.15) is 12.0 Å². The molecule has 0 aliphatic carbocycles. The van der Waals surface area contributed by atoms with E-state index in [-0.39, 0.29) is 5.78 Å². The number of alkyl halides is 1. The van der Waals surface area contributed by atoms with Crippen molar-refractivity contribution >= 4 is 56.3 Å². The Bertz CT molecular complexity index is 2220. The summed E-state index contributed by atoms with van der Waals surface area (Å²) in [5, 5.41) is 1.51. The van der Waals surface area contributed by atoms with Crippen LogP contribution in [0.4, 0.5) is 5.69 Å². The Morgan fingerprint density at radius 3 is 1.90 bits per heavy atom. The van der Waals surface area contributed by atoms with E-state index in [1.165, 1.54) is 16.6 Å². The molecule has 3 heterocycles. The second-order valence-corrected chi connectivity index (χ2v) is 12.3. The quantitative estimate of drug-likeness (QED) is 0.133. The van der Waals surface area contributed by atoms with Crippen molar-refractivity contribution in [1.29, 1.82) is 0 Å². The number of ether oxygens (including phenoxy) is 1. The molecule has 1 unspecified atom stereocenters. The third-order valence-electron chi connectivity index (χ3n) is 8.79. The summed E-state index contributed by atoms with van der Waals surface area (Å²) in [7, 11) is 4.03. The number of anilines is 1. The molecule has 0 saturated heterocycles. The molecule has 8 rings (SSSR count). The monoisotopic (exact) mass is 649 g/mol. The molecule has 0 saturated carbocycles. The van der Waals surface area contributed by atoms with Gasteiger partial charge >= 0.3 is 0 Å².